The van der Waals surface area contributed by atoms with Gasteiger partial charge >= 0.3 is 0 Å². The van der Waals surface area contributed by atoms with Crippen LogP contribution in [0.4, 0.5) is 4.79 Å². The first-order chi connectivity index (χ1) is 7.79. The summed E-state index contributed by atoms with van der Waals surface area (Å²) in [7, 11) is -0.997. The molecule has 0 aliphatic heterocycles. The van der Waals surface area contributed by atoms with Gasteiger partial charge in [0.25, 0.3) is 5.65 Å². The molecule has 1 amide bonds. The summed E-state index contributed by atoms with van der Waals surface area (Å²) in [6.07, 6.45) is 0. The van der Waals surface area contributed by atoms with E-state index in [1.54, 1.807) is 0 Å². The van der Waals surface area contributed by atoms with E-state index >= 15 is 0 Å². The number of hydrogen-bond acceptors (Lipinski definition) is 1. The second-order valence-corrected chi connectivity index (χ2v) is 5.78. The molecule has 0 aliphatic carbocycles. The maximum absolute atomic E-state index is 11.6. The van der Waals surface area contributed by atoms with Gasteiger partial charge in [-0.25, -0.2) is 0 Å². The normalized spacial score (nSPS) is 11.0. The van der Waals surface area contributed by atoms with Crippen molar-refractivity contribution >= 4 is 34.2 Å². The van der Waals surface area contributed by atoms with E-state index in [1.807, 2.05) is 36.4 Å². The third-order valence-corrected chi connectivity index (χ3v) is 4.98. The van der Waals surface area contributed by atoms with Crippen molar-refractivity contribution in [2.24, 2.45) is 5.73 Å². The van der Waals surface area contributed by atoms with Crippen LogP contribution in [0.5, 0.6) is 0 Å². The van der Waals surface area contributed by atoms with E-state index in [4.69, 9.17) is 5.73 Å². The molecule has 0 atom stereocenters. The lowest BCUT2D eigenvalue weighted by Gasteiger charge is -1.95. The molecule has 2 aromatic carbocycles. The Hall–Kier alpha value is -1.79. The molecule has 0 unspecified atom stereocenters. The lowest BCUT2D eigenvalue weighted by Crippen LogP contribution is -1.99. The summed E-state index contributed by atoms with van der Waals surface area (Å²) >= 11 is 0. The van der Waals surface area contributed by atoms with Crippen LogP contribution in [0.25, 0.3) is 21.0 Å². The maximum Gasteiger partial charge on any atom is 0.263 e. The standard InChI is InChI=1S/C13H10NOP/c14-13(15)16-11-7-3-1-5-9(11)10-6-2-4-8-12(10)16/h1-8H,(H2,14,15). The molecule has 78 valence electrons. The van der Waals surface area contributed by atoms with Gasteiger partial charge in [0.1, 0.15) is 0 Å². The average molecular weight is 227 g/mol. The van der Waals surface area contributed by atoms with Crippen LogP contribution in [0.2, 0.25) is 0 Å². The highest BCUT2D eigenvalue weighted by molar-refractivity contribution is 7.77. The Labute approximate surface area is 93.7 Å². The van der Waals surface area contributed by atoms with Crippen LogP contribution in [0.3, 0.4) is 0 Å². The molecule has 0 bridgehead atoms. The van der Waals surface area contributed by atoms with E-state index in [0.717, 1.165) is 21.0 Å². The molecule has 0 fully saturated rings. The minimum Gasteiger partial charge on any atom is -0.363 e. The van der Waals surface area contributed by atoms with Crippen molar-refractivity contribution in [2.75, 3.05) is 0 Å². The van der Waals surface area contributed by atoms with Gasteiger partial charge in [-0.1, -0.05) is 36.4 Å². The number of carbonyl (C=O) groups is 1. The molecule has 0 radical (unpaired) electrons. The lowest BCUT2D eigenvalue weighted by atomic mass is 10.2. The Morgan fingerprint density at radius 3 is 1.75 bits per heavy atom. The Morgan fingerprint density at radius 1 is 0.875 bits per heavy atom. The molecule has 1 heterocycles. The molecule has 2 nitrogen and oxygen atoms in total. The van der Waals surface area contributed by atoms with Gasteiger partial charge in [0, 0.05) is 10.2 Å². The van der Waals surface area contributed by atoms with Crippen LogP contribution in [0.1, 0.15) is 0 Å². The Balaban J connectivity index is 2.64. The summed E-state index contributed by atoms with van der Waals surface area (Å²) in [5.74, 6) is 0. The smallest absolute Gasteiger partial charge is 0.263 e. The zero-order chi connectivity index (χ0) is 11.1. The highest BCUT2D eigenvalue weighted by atomic mass is 31.1. The summed E-state index contributed by atoms with van der Waals surface area (Å²) in [6, 6.07) is 16.0. The summed E-state index contributed by atoms with van der Waals surface area (Å²) in [4.78, 5) is 11.6. The van der Waals surface area contributed by atoms with Crippen molar-refractivity contribution in [3.63, 3.8) is 0 Å². The molecule has 0 spiro atoms. The predicted molar refractivity (Wildman–Crippen MR) is 69.1 cm³/mol. The second kappa shape index (κ2) is 3.36. The Morgan fingerprint density at radius 2 is 1.31 bits per heavy atom. The first kappa shape index (κ1) is 9.44. The largest absolute Gasteiger partial charge is 0.363 e. The lowest BCUT2D eigenvalue weighted by molar-refractivity contribution is 0.267. The topological polar surface area (TPSA) is 43.1 Å². The Kier molecular flexibility index (Phi) is 1.98. The summed E-state index contributed by atoms with van der Waals surface area (Å²) < 4.78 is 0. The van der Waals surface area contributed by atoms with Gasteiger partial charge in [-0.2, -0.15) is 0 Å². The van der Waals surface area contributed by atoms with Crippen molar-refractivity contribution < 1.29 is 4.79 Å². The number of benzene rings is 2. The number of amides is 1. The van der Waals surface area contributed by atoms with E-state index in [-0.39, 0.29) is 5.65 Å². The SMILES string of the molecule is NC(=O)p1c2ccccc2c2ccccc21. The average Bonchev–Trinajstić information content (AvgIpc) is 2.63. The van der Waals surface area contributed by atoms with Crippen LogP contribution < -0.4 is 5.73 Å². The zero-order valence-corrected chi connectivity index (χ0v) is 9.45. The number of hydrogen-bond donors (Lipinski definition) is 1. The van der Waals surface area contributed by atoms with Crippen LogP contribution in [-0.2, 0) is 0 Å². The number of primary amides is 1. The molecular formula is C13H10NOP. The fourth-order valence-corrected chi connectivity index (χ4v) is 4.24. The van der Waals surface area contributed by atoms with Crippen molar-refractivity contribution in [3.05, 3.63) is 48.5 Å². The van der Waals surface area contributed by atoms with Gasteiger partial charge in [0.15, 0.2) is 0 Å². The second-order valence-electron chi connectivity index (χ2n) is 3.71. The molecule has 3 rings (SSSR count). The van der Waals surface area contributed by atoms with Crippen molar-refractivity contribution in [2.45, 2.75) is 0 Å². The fraction of sp³-hybridized carbons (Fsp3) is 0. The van der Waals surface area contributed by atoms with Gasteiger partial charge in [-0.3, -0.25) is 4.79 Å². The fourth-order valence-electron chi connectivity index (χ4n) is 2.16. The molecular weight excluding hydrogens is 217 g/mol. The summed E-state index contributed by atoms with van der Waals surface area (Å²) in [5.41, 5.74) is 5.30. The number of carbonyl (C=O) groups excluding carboxylic acids is 1. The highest BCUT2D eigenvalue weighted by Crippen LogP contribution is 2.48. The van der Waals surface area contributed by atoms with E-state index in [0.29, 0.717) is 0 Å². The van der Waals surface area contributed by atoms with Gasteiger partial charge in [-0.05, 0) is 30.4 Å². The van der Waals surface area contributed by atoms with Crippen LogP contribution in [0, 0.1) is 0 Å². The molecule has 3 heteroatoms. The summed E-state index contributed by atoms with van der Waals surface area (Å²) in [5, 5.41) is 4.49. The number of fused-ring (bicyclic) bond motifs is 3. The minimum absolute atomic E-state index is 0.215. The number of nitrogens with two attached hydrogens (primary N) is 1. The van der Waals surface area contributed by atoms with E-state index in [9.17, 15) is 4.79 Å². The summed E-state index contributed by atoms with van der Waals surface area (Å²) in [6.45, 7) is 0. The van der Waals surface area contributed by atoms with Crippen LogP contribution in [-0.4, -0.2) is 5.65 Å². The third-order valence-electron chi connectivity index (χ3n) is 2.80. The quantitative estimate of drug-likeness (QED) is 0.672. The molecule has 2 N–H and O–H groups in total. The van der Waals surface area contributed by atoms with Crippen molar-refractivity contribution in [1.82, 2.24) is 0 Å². The number of rotatable bonds is 1. The van der Waals surface area contributed by atoms with E-state index < -0.39 is 7.53 Å². The van der Waals surface area contributed by atoms with Gasteiger partial charge in [-0.15, -0.1) is 0 Å². The van der Waals surface area contributed by atoms with E-state index in [1.165, 1.54) is 0 Å². The molecule has 0 aliphatic rings. The molecule has 0 saturated heterocycles. The first-order valence-corrected chi connectivity index (χ1v) is 6.41. The van der Waals surface area contributed by atoms with Crippen LogP contribution in [0.15, 0.2) is 48.5 Å². The first-order valence-electron chi connectivity index (χ1n) is 5.07. The Bertz CT molecular complexity index is 646. The molecule has 1 aromatic heterocycles. The van der Waals surface area contributed by atoms with E-state index in [2.05, 4.69) is 12.1 Å². The molecule has 3 aromatic rings. The minimum atomic E-state index is -0.997. The van der Waals surface area contributed by atoms with Gasteiger partial charge in [0.2, 0.25) is 0 Å². The highest BCUT2D eigenvalue weighted by Gasteiger charge is 2.13. The molecule has 16 heavy (non-hydrogen) atoms. The third kappa shape index (κ3) is 1.17. The zero-order valence-electron chi connectivity index (χ0n) is 8.55. The van der Waals surface area contributed by atoms with Gasteiger partial charge in [0.05, 0.1) is 0 Å². The van der Waals surface area contributed by atoms with Crippen LogP contribution >= 0.6 is 7.53 Å². The predicted octanol–water partition coefficient (Wildman–Crippen LogP) is 3.91. The maximum atomic E-state index is 11.6. The molecule has 0 saturated carbocycles. The van der Waals surface area contributed by atoms with Gasteiger partial charge < -0.3 is 5.73 Å². The van der Waals surface area contributed by atoms with Crippen molar-refractivity contribution in [3.8, 4) is 0 Å². The monoisotopic (exact) mass is 227 g/mol. The van der Waals surface area contributed by atoms with Crippen molar-refractivity contribution in [1.29, 1.82) is 0 Å².